The van der Waals surface area contributed by atoms with E-state index in [4.69, 9.17) is 10.2 Å². The van der Waals surface area contributed by atoms with Crippen LogP contribution < -0.4 is 0 Å². The van der Waals surface area contributed by atoms with Crippen molar-refractivity contribution < 1.29 is 24.6 Å². The maximum atomic E-state index is 11.9. The lowest BCUT2D eigenvalue weighted by molar-refractivity contribution is -0.157. The Bertz CT molecular complexity index is 336. The molecule has 0 amide bonds. The normalized spacial score (nSPS) is 22.9. The van der Waals surface area contributed by atoms with Crippen molar-refractivity contribution in [1.82, 2.24) is 0 Å². The van der Waals surface area contributed by atoms with E-state index < -0.39 is 23.8 Å². The van der Waals surface area contributed by atoms with Gasteiger partial charge in [-0.1, -0.05) is 38.5 Å². The molecule has 114 valence electrons. The smallest absolute Gasteiger partial charge is 0.318 e. The van der Waals surface area contributed by atoms with Crippen LogP contribution in [0.15, 0.2) is 0 Å². The first-order valence-corrected chi connectivity index (χ1v) is 7.49. The fourth-order valence-electron chi connectivity index (χ4n) is 2.90. The monoisotopic (exact) mass is 284 g/mol. The predicted octanol–water partition coefficient (Wildman–Crippen LogP) is 2.87. The summed E-state index contributed by atoms with van der Waals surface area (Å²) >= 11 is 0. The topological polar surface area (TPSA) is 91.7 Å². The molecule has 5 nitrogen and oxygen atoms in total. The Balaban J connectivity index is 2.73. The summed E-state index contributed by atoms with van der Waals surface area (Å²) < 4.78 is 0. The molecule has 0 aromatic carbocycles. The Labute approximate surface area is 119 Å². The van der Waals surface area contributed by atoms with Crippen molar-refractivity contribution in [3.8, 4) is 0 Å². The molecule has 1 saturated carbocycles. The van der Waals surface area contributed by atoms with Crippen LogP contribution in [0.5, 0.6) is 0 Å². The van der Waals surface area contributed by atoms with E-state index in [1.165, 1.54) is 0 Å². The zero-order valence-corrected chi connectivity index (χ0v) is 11.8. The van der Waals surface area contributed by atoms with Crippen molar-refractivity contribution in [1.29, 1.82) is 0 Å². The van der Waals surface area contributed by atoms with Crippen LogP contribution in [0.1, 0.15) is 64.2 Å². The summed E-state index contributed by atoms with van der Waals surface area (Å²) in [7, 11) is 0. The van der Waals surface area contributed by atoms with Crippen molar-refractivity contribution in [3.05, 3.63) is 0 Å². The largest absolute Gasteiger partial charge is 0.481 e. The highest BCUT2D eigenvalue weighted by molar-refractivity contribution is 5.94. The lowest BCUT2D eigenvalue weighted by Gasteiger charge is -2.21. The Morgan fingerprint density at radius 1 is 0.900 bits per heavy atom. The lowest BCUT2D eigenvalue weighted by atomic mass is 9.82. The molecule has 0 heterocycles. The minimum Gasteiger partial charge on any atom is -0.481 e. The van der Waals surface area contributed by atoms with E-state index in [0.717, 1.165) is 44.9 Å². The quantitative estimate of drug-likeness (QED) is 0.777. The number of rotatable bonds is 3. The van der Waals surface area contributed by atoms with E-state index in [1.54, 1.807) is 0 Å². The Kier molecular flexibility index (Phi) is 7.26. The molecule has 1 unspecified atom stereocenters. The lowest BCUT2D eigenvalue weighted by Crippen LogP contribution is -2.32. The number of Topliss-reactive ketones (excluding diaryl/α,β-unsaturated/α-hetero) is 1. The third-order valence-electron chi connectivity index (χ3n) is 4.02. The van der Waals surface area contributed by atoms with Gasteiger partial charge < -0.3 is 10.2 Å². The summed E-state index contributed by atoms with van der Waals surface area (Å²) in [5.74, 6) is -4.69. The van der Waals surface area contributed by atoms with Crippen LogP contribution in [0, 0.1) is 11.8 Å². The summed E-state index contributed by atoms with van der Waals surface area (Å²) in [6.45, 7) is 0. The molecule has 5 heteroatoms. The van der Waals surface area contributed by atoms with Crippen LogP contribution in [-0.2, 0) is 14.4 Å². The maximum absolute atomic E-state index is 11.9. The van der Waals surface area contributed by atoms with Gasteiger partial charge in [0.15, 0.2) is 5.92 Å². The molecule has 1 aliphatic rings. The van der Waals surface area contributed by atoms with E-state index in [-0.39, 0.29) is 12.2 Å². The first-order chi connectivity index (χ1) is 9.52. The van der Waals surface area contributed by atoms with Crippen molar-refractivity contribution >= 4 is 17.7 Å². The van der Waals surface area contributed by atoms with E-state index in [9.17, 15) is 14.4 Å². The summed E-state index contributed by atoms with van der Waals surface area (Å²) in [6.07, 6.45) is 8.07. The number of carboxylic acids is 2. The molecule has 1 rings (SSSR count). The molecule has 20 heavy (non-hydrogen) atoms. The van der Waals surface area contributed by atoms with E-state index in [1.807, 2.05) is 0 Å². The number of ketones is 1. The minimum atomic E-state index is -1.46. The Hall–Kier alpha value is -1.39. The highest BCUT2D eigenvalue weighted by atomic mass is 16.4. The second-order valence-corrected chi connectivity index (χ2v) is 5.67. The SMILES string of the molecule is O=C1CCCCCCCCCC(C(C(=O)O)C(=O)O)C1. The molecular weight excluding hydrogens is 260 g/mol. The second-order valence-electron chi connectivity index (χ2n) is 5.67. The molecule has 0 aromatic heterocycles. The molecule has 0 radical (unpaired) electrons. The first kappa shape index (κ1) is 16.7. The fourth-order valence-corrected chi connectivity index (χ4v) is 2.90. The third kappa shape index (κ3) is 5.72. The number of hydrogen-bond acceptors (Lipinski definition) is 3. The molecule has 0 spiro atoms. The van der Waals surface area contributed by atoms with Gasteiger partial charge in [0.1, 0.15) is 5.78 Å². The van der Waals surface area contributed by atoms with Crippen molar-refractivity contribution in [2.45, 2.75) is 64.2 Å². The number of carbonyl (C=O) groups excluding carboxylic acids is 1. The zero-order chi connectivity index (χ0) is 15.0. The molecule has 0 aliphatic heterocycles. The van der Waals surface area contributed by atoms with Gasteiger partial charge in [-0.15, -0.1) is 0 Å². The van der Waals surface area contributed by atoms with Crippen LogP contribution in [0.25, 0.3) is 0 Å². The van der Waals surface area contributed by atoms with Gasteiger partial charge in [0.25, 0.3) is 0 Å². The highest BCUT2D eigenvalue weighted by Crippen LogP contribution is 2.26. The number of carbonyl (C=O) groups is 3. The third-order valence-corrected chi connectivity index (χ3v) is 4.02. The summed E-state index contributed by atoms with van der Waals surface area (Å²) in [5.41, 5.74) is 0. The predicted molar refractivity (Wildman–Crippen MR) is 73.4 cm³/mol. The second kappa shape index (κ2) is 8.72. The molecular formula is C15H24O5. The standard InChI is InChI=1S/C15H24O5/c16-12-9-7-5-3-1-2-4-6-8-11(10-12)13(14(17)18)15(19)20/h11,13H,1-10H2,(H,17,18)(H,19,20). The Morgan fingerprint density at radius 3 is 1.95 bits per heavy atom. The first-order valence-electron chi connectivity index (χ1n) is 7.49. The van der Waals surface area contributed by atoms with E-state index in [0.29, 0.717) is 12.8 Å². The molecule has 0 saturated heterocycles. The van der Waals surface area contributed by atoms with Gasteiger partial charge in [0.05, 0.1) is 0 Å². The van der Waals surface area contributed by atoms with Crippen LogP contribution >= 0.6 is 0 Å². The van der Waals surface area contributed by atoms with Gasteiger partial charge in [0.2, 0.25) is 0 Å². The van der Waals surface area contributed by atoms with Crippen molar-refractivity contribution in [3.63, 3.8) is 0 Å². The van der Waals surface area contributed by atoms with Gasteiger partial charge in [-0.05, 0) is 18.8 Å². The van der Waals surface area contributed by atoms with E-state index in [2.05, 4.69) is 0 Å². The van der Waals surface area contributed by atoms with Gasteiger partial charge in [-0.3, -0.25) is 14.4 Å². The molecule has 0 aromatic rings. The van der Waals surface area contributed by atoms with E-state index >= 15 is 0 Å². The molecule has 1 aliphatic carbocycles. The van der Waals surface area contributed by atoms with Crippen LogP contribution in [0.2, 0.25) is 0 Å². The van der Waals surface area contributed by atoms with Crippen LogP contribution in [0.4, 0.5) is 0 Å². The van der Waals surface area contributed by atoms with Gasteiger partial charge in [-0.2, -0.15) is 0 Å². The average molecular weight is 284 g/mol. The molecule has 1 fully saturated rings. The summed E-state index contributed by atoms with van der Waals surface area (Å²) in [4.78, 5) is 34.1. The number of hydrogen-bond donors (Lipinski definition) is 2. The van der Waals surface area contributed by atoms with Gasteiger partial charge in [0, 0.05) is 12.8 Å². The van der Waals surface area contributed by atoms with Crippen molar-refractivity contribution in [2.24, 2.45) is 11.8 Å². The zero-order valence-electron chi connectivity index (χ0n) is 11.8. The number of aliphatic carboxylic acids is 2. The van der Waals surface area contributed by atoms with Crippen LogP contribution in [-0.4, -0.2) is 27.9 Å². The molecule has 1 atom stereocenters. The minimum absolute atomic E-state index is 0.00285. The fraction of sp³-hybridized carbons (Fsp3) is 0.800. The van der Waals surface area contributed by atoms with Crippen LogP contribution in [0.3, 0.4) is 0 Å². The Morgan fingerprint density at radius 2 is 1.40 bits per heavy atom. The van der Waals surface area contributed by atoms with Crippen molar-refractivity contribution in [2.75, 3.05) is 0 Å². The summed E-state index contributed by atoms with van der Waals surface area (Å²) in [6, 6.07) is 0. The molecule has 2 N–H and O–H groups in total. The molecule has 0 bridgehead atoms. The average Bonchev–Trinajstić information content (AvgIpc) is 2.33. The maximum Gasteiger partial charge on any atom is 0.318 e. The highest BCUT2D eigenvalue weighted by Gasteiger charge is 2.35. The number of carboxylic acid groups (broad SMARTS) is 2. The van der Waals surface area contributed by atoms with Gasteiger partial charge >= 0.3 is 11.9 Å². The van der Waals surface area contributed by atoms with Gasteiger partial charge in [-0.25, -0.2) is 0 Å². The summed E-state index contributed by atoms with van der Waals surface area (Å²) in [5, 5.41) is 18.2.